The van der Waals surface area contributed by atoms with Crippen molar-refractivity contribution in [2.24, 2.45) is 0 Å². The van der Waals surface area contributed by atoms with Crippen LogP contribution in [0.25, 0.3) is 0 Å². The fourth-order valence-corrected chi connectivity index (χ4v) is 4.63. The minimum atomic E-state index is -0.423. The van der Waals surface area contributed by atoms with E-state index in [4.69, 9.17) is 4.74 Å². The molecule has 0 bridgehead atoms. The lowest BCUT2D eigenvalue weighted by molar-refractivity contribution is 0.0593. The summed E-state index contributed by atoms with van der Waals surface area (Å²) in [6.07, 6.45) is 4.85. The molecule has 27 heavy (non-hydrogen) atoms. The summed E-state index contributed by atoms with van der Waals surface area (Å²) < 4.78 is 4.77. The van der Waals surface area contributed by atoms with Crippen molar-refractivity contribution in [1.29, 1.82) is 0 Å². The predicted octanol–water partition coefficient (Wildman–Crippen LogP) is 2.72. The average Bonchev–Trinajstić information content (AvgIpc) is 3.04. The van der Waals surface area contributed by atoms with E-state index >= 15 is 0 Å². The van der Waals surface area contributed by atoms with Gasteiger partial charge in [0, 0.05) is 31.2 Å². The largest absolute Gasteiger partial charge is 0.464 e. The molecule has 2 aliphatic heterocycles. The smallest absolute Gasteiger partial charge is 0.356 e. The van der Waals surface area contributed by atoms with Crippen LogP contribution in [0.4, 0.5) is 5.82 Å². The number of piperidine rings is 1. The molecule has 6 nitrogen and oxygen atoms in total. The number of rotatable bonds is 3. The number of methoxy groups -OCH3 is 1. The van der Waals surface area contributed by atoms with Gasteiger partial charge in [0.25, 0.3) is 0 Å². The summed E-state index contributed by atoms with van der Waals surface area (Å²) >= 11 is 0. The zero-order valence-electron chi connectivity index (χ0n) is 16.0. The van der Waals surface area contributed by atoms with Crippen LogP contribution in [-0.4, -0.2) is 60.2 Å². The molecule has 1 aromatic heterocycles. The van der Waals surface area contributed by atoms with Crippen LogP contribution in [0.2, 0.25) is 0 Å². The SMILES string of the molecule is COC(=O)c1cc(N2CCC3(CC2)C[C@H](c2ccccc2)CN3C)ncn1. The van der Waals surface area contributed by atoms with E-state index in [0.29, 0.717) is 11.6 Å². The van der Waals surface area contributed by atoms with Crippen LogP contribution >= 0.6 is 0 Å². The van der Waals surface area contributed by atoms with Gasteiger partial charge in [0.2, 0.25) is 0 Å². The highest BCUT2D eigenvalue weighted by Crippen LogP contribution is 2.44. The Kier molecular flexibility index (Phi) is 4.83. The average molecular weight is 366 g/mol. The Morgan fingerprint density at radius 2 is 1.93 bits per heavy atom. The first-order valence-corrected chi connectivity index (χ1v) is 9.53. The Morgan fingerprint density at radius 1 is 1.19 bits per heavy atom. The molecule has 3 heterocycles. The fourth-order valence-electron chi connectivity index (χ4n) is 4.63. The molecule has 0 radical (unpaired) electrons. The van der Waals surface area contributed by atoms with E-state index in [0.717, 1.165) is 38.3 Å². The Hall–Kier alpha value is -2.47. The summed E-state index contributed by atoms with van der Waals surface area (Å²) in [5, 5.41) is 0. The molecule has 2 fully saturated rings. The van der Waals surface area contributed by atoms with Gasteiger partial charge in [-0.05, 0) is 37.8 Å². The van der Waals surface area contributed by atoms with Gasteiger partial charge in [-0.1, -0.05) is 30.3 Å². The number of carbonyl (C=O) groups is 1. The molecule has 1 aromatic carbocycles. The van der Waals surface area contributed by atoms with Crippen molar-refractivity contribution in [2.45, 2.75) is 30.7 Å². The summed E-state index contributed by atoms with van der Waals surface area (Å²) in [6, 6.07) is 12.6. The third-order valence-electron chi connectivity index (χ3n) is 6.27. The van der Waals surface area contributed by atoms with Crippen molar-refractivity contribution in [2.75, 3.05) is 38.7 Å². The Labute approximate surface area is 160 Å². The molecule has 2 aliphatic rings. The van der Waals surface area contributed by atoms with Crippen molar-refractivity contribution >= 4 is 11.8 Å². The molecule has 142 valence electrons. The first kappa shape index (κ1) is 17.9. The molecule has 2 aromatic rings. The van der Waals surface area contributed by atoms with Crippen LogP contribution in [0.15, 0.2) is 42.7 Å². The fraction of sp³-hybridized carbons (Fsp3) is 0.476. The monoisotopic (exact) mass is 366 g/mol. The minimum absolute atomic E-state index is 0.259. The predicted molar refractivity (Wildman–Crippen MR) is 104 cm³/mol. The van der Waals surface area contributed by atoms with Crippen LogP contribution in [0.5, 0.6) is 0 Å². The van der Waals surface area contributed by atoms with Gasteiger partial charge in [-0.15, -0.1) is 0 Å². The molecule has 6 heteroatoms. The molecule has 0 amide bonds. The number of likely N-dealkylation sites (N-methyl/N-ethyl adjacent to an activating group) is 1. The number of benzene rings is 1. The third kappa shape index (κ3) is 3.41. The standard InChI is InChI=1S/C21H26N4O2/c1-24-14-17(16-6-4-3-5-7-16)13-21(24)8-10-25(11-9-21)19-12-18(20(26)27-2)22-15-23-19/h3-7,12,15,17H,8-11,13-14H2,1-2H3/t17-/m0/s1. The van der Waals surface area contributed by atoms with Gasteiger partial charge in [0.1, 0.15) is 12.1 Å². The molecule has 0 saturated carbocycles. The number of aromatic nitrogens is 2. The minimum Gasteiger partial charge on any atom is -0.464 e. The Balaban J connectivity index is 1.45. The van der Waals surface area contributed by atoms with Crippen molar-refractivity contribution in [3.05, 3.63) is 54.0 Å². The summed E-state index contributed by atoms with van der Waals surface area (Å²) in [6.45, 7) is 2.98. The van der Waals surface area contributed by atoms with Crippen LogP contribution in [-0.2, 0) is 4.74 Å². The van der Waals surface area contributed by atoms with Gasteiger partial charge >= 0.3 is 5.97 Å². The summed E-state index contributed by atoms with van der Waals surface area (Å²) in [4.78, 5) is 24.9. The second-order valence-corrected chi connectivity index (χ2v) is 7.66. The zero-order chi connectivity index (χ0) is 18.9. The number of hydrogen-bond acceptors (Lipinski definition) is 6. The molecule has 0 unspecified atom stereocenters. The third-order valence-corrected chi connectivity index (χ3v) is 6.27. The molecule has 1 atom stereocenters. The van der Waals surface area contributed by atoms with Crippen molar-refractivity contribution in [3.8, 4) is 0 Å². The number of esters is 1. The van der Waals surface area contributed by atoms with E-state index in [-0.39, 0.29) is 5.54 Å². The highest BCUT2D eigenvalue weighted by Gasteiger charge is 2.45. The summed E-state index contributed by atoms with van der Waals surface area (Å²) in [5.74, 6) is 0.988. The van der Waals surface area contributed by atoms with E-state index in [1.165, 1.54) is 25.4 Å². The maximum atomic E-state index is 11.7. The van der Waals surface area contributed by atoms with Crippen molar-refractivity contribution in [1.82, 2.24) is 14.9 Å². The second kappa shape index (κ2) is 7.27. The van der Waals surface area contributed by atoms with E-state index in [1.54, 1.807) is 6.07 Å². The highest BCUT2D eigenvalue weighted by molar-refractivity contribution is 5.87. The number of hydrogen-bond donors (Lipinski definition) is 0. The van der Waals surface area contributed by atoms with E-state index in [9.17, 15) is 4.79 Å². The van der Waals surface area contributed by atoms with Crippen molar-refractivity contribution < 1.29 is 9.53 Å². The lowest BCUT2D eigenvalue weighted by Crippen LogP contribution is -2.50. The van der Waals surface area contributed by atoms with Gasteiger partial charge in [-0.25, -0.2) is 14.8 Å². The van der Waals surface area contributed by atoms with Crippen molar-refractivity contribution in [3.63, 3.8) is 0 Å². The molecule has 0 aliphatic carbocycles. The van der Waals surface area contributed by atoms with Crippen LogP contribution in [0.1, 0.15) is 41.2 Å². The molecule has 0 N–H and O–H groups in total. The lowest BCUT2D eigenvalue weighted by atomic mass is 9.81. The van der Waals surface area contributed by atoms with Gasteiger partial charge < -0.3 is 9.64 Å². The van der Waals surface area contributed by atoms with Gasteiger partial charge in [-0.3, -0.25) is 4.90 Å². The summed E-state index contributed by atoms with van der Waals surface area (Å²) in [5.41, 5.74) is 2.02. The number of anilines is 1. The number of nitrogens with zero attached hydrogens (tertiary/aromatic N) is 4. The zero-order valence-corrected chi connectivity index (χ0v) is 16.0. The number of carbonyl (C=O) groups excluding carboxylic acids is 1. The lowest BCUT2D eigenvalue weighted by Gasteiger charge is -2.44. The highest BCUT2D eigenvalue weighted by atomic mass is 16.5. The van der Waals surface area contributed by atoms with Gasteiger partial charge in [-0.2, -0.15) is 0 Å². The van der Waals surface area contributed by atoms with Crippen LogP contribution in [0.3, 0.4) is 0 Å². The van der Waals surface area contributed by atoms with E-state index in [2.05, 4.69) is 57.1 Å². The molecular formula is C21H26N4O2. The topological polar surface area (TPSA) is 58.6 Å². The maximum Gasteiger partial charge on any atom is 0.356 e. The van der Waals surface area contributed by atoms with Crippen LogP contribution < -0.4 is 4.90 Å². The quantitative estimate of drug-likeness (QED) is 0.779. The Morgan fingerprint density at radius 3 is 2.63 bits per heavy atom. The number of likely N-dealkylation sites (tertiary alicyclic amines) is 1. The van der Waals surface area contributed by atoms with E-state index < -0.39 is 5.97 Å². The van der Waals surface area contributed by atoms with Gasteiger partial charge in [0.05, 0.1) is 7.11 Å². The second-order valence-electron chi connectivity index (χ2n) is 7.66. The Bertz CT molecular complexity index is 803. The molecular weight excluding hydrogens is 340 g/mol. The molecule has 2 saturated heterocycles. The molecule has 1 spiro atoms. The summed E-state index contributed by atoms with van der Waals surface area (Å²) in [7, 11) is 3.63. The number of ether oxygens (including phenoxy) is 1. The van der Waals surface area contributed by atoms with E-state index in [1.807, 2.05) is 0 Å². The van der Waals surface area contributed by atoms with Crippen LogP contribution in [0, 0.1) is 0 Å². The molecule has 4 rings (SSSR count). The maximum absolute atomic E-state index is 11.7. The first-order chi connectivity index (χ1) is 13.1. The normalized spacial score (nSPS) is 22.1. The van der Waals surface area contributed by atoms with Gasteiger partial charge in [0.15, 0.2) is 5.69 Å². The first-order valence-electron chi connectivity index (χ1n) is 9.53.